The molecule has 1 saturated heterocycles. The fraction of sp³-hybridized carbons (Fsp3) is 0.889. The number of rotatable bonds is 6. The van der Waals surface area contributed by atoms with Crippen molar-refractivity contribution in [3.63, 3.8) is 0 Å². The van der Waals surface area contributed by atoms with Crippen LogP contribution in [0.4, 0.5) is 0 Å². The largest absolute Gasteiger partial charge is 0.480 e. The Morgan fingerprint density at radius 2 is 2.11 bits per heavy atom. The third-order valence-electron chi connectivity index (χ3n) is 3.47. The molecule has 0 amide bonds. The third-order valence-corrected chi connectivity index (χ3v) is 4.69. The Kier molecular flexibility index (Phi) is 4.96. The molecule has 0 aromatic carbocycles. The molecule has 0 radical (unpaired) electrons. The zero-order valence-electron chi connectivity index (χ0n) is 10.7. The molecule has 110 valence electrons. The van der Waals surface area contributed by atoms with E-state index < -0.39 is 34.6 Å². The van der Waals surface area contributed by atoms with E-state index in [-0.39, 0.29) is 19.4 Å². The lowest BCUT2D eigenvalue weighted by atomic mass is 9.78. The van der Waals surface area contributed by atoms with E-state index in [1.807, 2.05) is 0 Å². The van der Waals surface area contributed by atoms with Crippen molar-refractivity contribution in [1.82, 2.24) is 4.31 Å². The Balaban J connectivity index is 2.79. The number of carboxylic acid groups (broad SMARTS) is 1. The normalized spacial score (nSPS) is 28.5. The molecule has 0 saturated carbocycles. The molecule has 1 aliphatic heterocycles. The smallest absolute Gasteiger partial charge is 0.451 e. The molecule has 2 atom stereocenters. The Morgan fingerprint density at radius 3 is 2.53 bits per heavy atom. The van der Waals surface area contributed by atoms with Gasteiger partial charge in [-0.05, 0) is 12.7 Å². The molecule has 10 heteroatoms. The molecule has 0 bridgehead atoms. The number of nitrogens with zero attached hydrogens (tertiary/aromatic N) is 1. The maximum absolute atomic E-state index is 11.5. The van der Waals surface area contributed by atoms with Crippen molar-refractivity contribution < 1.29 is 28.4 Å². The van der Waals surface area contributed by atoms with Gasteiger partial charge in [-0.15, -0.1) is 0 Å². The van der Waals surface area contributed by atoms with Crippen molar-refractivity contribution >= 4 is 23.1 Å². The van der Waals surface area contributed by atoms with E-state index in [4.69, 9.17) is 15.8 Å². The quantitative estimate of drug-likeness (QED) is 0.412. The van der Waals surface area contributed by atoms with Gasteiger partial charge in [-0.3, -0.25) is 4.79 Å². The van der Waals surface area contributed by atoms with Crippen LogP contribution in [0.25, 0.3) is 0 Å². The van der Waals surface area contributed by atoms with Gasteiger partial charge in [0.05, 0.1) is 6.26 Å². The van der Waals surface area contributed by atoms with Gasteiger partial charge in [0.15, 0.2) is 0 Å². The predicted molar refractivity (Wildman–Crippen MR) is 68.7 cm³/mol. The summed E-state index contributed by atoms with van der Waals surface area (Å²) in [5.41, 5.74) is 4.20. The van der Waals surface area contributed by atoms with Gasteiger partial charge in [0.1, 0.15) is 5.54 Å². The van der Waals surface area contributed by atoms with Crippen LogP contribution in [0.5, 0.6) is 0 Å². The number of aliphatic carboxylic acids is 1. The average molecular weight is 294 g/mol. The van der Waals surface area contributed by atoms with Gasteiger partial charge in [0.25, 0.3) is 0 Å². The summed E-state index contributed by atoms with van der Waals surface area (Å²) >= 11 is 0. The molecule has 19 heavy (non-hydrogen) atoms. The van der Waals surface area contributed by atoms with Crippen LogP contribution in [-0.4, -0.2) is 65.8 Å². The van der Waals surface area contributed by atoms with Crippen LogP contribution < -0.4 is 5.73 Å². The summed E-state index contributed by atoms with van der Waals surface area (Å²) < 4.78 is 24.0. The second-order valence-electron chi connectivity index (χ2n) is 5.01. The van der Waals surface area contributed by atoms with Gasteiger partial charge in [-0.2, -0.15) is 4.31 Å². The lowest BCUT2D eigenvalue weighted by Crippen LogP contribution is -2.55. The second kappa shape index (κ2) is 5.75. The number of carbonyl (C=O) groups is 1. The molecular weight excluding hydrogens is 275 g/mol. The number of hydrogen-bond acceptors (Lipinski definition) is 6. The maximum atomic E-state index is 11.5. The lowest BCUT2D eigenvalue weighted by molar-refractivity contribution is -0.144. The maximum Gasteiger partial charge on any atom is 0.451 e. The van der Waals surface area contributed by atoms with Crippen molar-refractivity contribution in [3.8, 4) is 0 Å². The van der Waals surface area contributed by atoms with Crippen molar-refractivity contribution in [2.75, 3.05) is 19.3 Å². The van der Waals surface area contributed by atoms with Crippen molar-refractivity contribution in [1.29, 1.82) is 0 Å². The van der Waals surface area contributed by atoms with Crippen LogP contribution in [0.15, 0.2) is 0 Å². The third kappa shape index (κ3) is 3.89. The number of sulfonamides is 1. The Morgan fingerprint density at radius 1 is 1.53 bits per heavy atom. The van der Waals surface area contributed by atoms with E-state index in [9.17, 15) is 18.3 Å². The first kappa shape index (κ1) is 16.4. The van der Waals surface area contributed by atoms with Crippen LogP contribution in [0.2, 0.25) is 6.32 Å². The van der Waals surface area contributed by atoms with Crippen molar-refractivity contribution in [3.05, 3.63) is 0 Å². The first-order chi connectivity index (χ1) is 8.57. The van der Waals surface area contributed by atoms with Gasteiger partial charge in [0, 0.05) is 19.0 Å². The summed E-state index contributed by atoms with van der Waals surface area (Å²) in [5, 5.41) is 26.7. The van der Waals surface area contributed by atoms with Crippen LogP contribution >= 0.6 is 0 Å². The average Bonchev–Trinajstić information content (AvgIpc) is 2.57. The van der Waals surface area contributed by atoms with E-state index >= 15 is 0 Å². The minimum absolute atomic E-state index is 0.0448. The number of nitrogens with two attached hydrogens (primary N) is 1. The minimum Gasteiger partial charge on any atom is -0.480 e. The number of carboxylic acids is 1. The molecule has 0 aromatic rings. The zero-order valence-corrected chi connectivity index (χ0v) is 11.5. The topological polar surface area (TPSA) is 141 Å². The molecule has 0 aromatic heterocycles. The minimum atomic E-state index is -3.49. The van der Waals surface area contributed by atoms with Crippen molar-refractivity contribution in [2.24, 2.45) is 11.7 Å². The van der Waals surface area contributed by atoms with E-state index in [1.54, 1.807) is 0 Å². The molecule has 0 aliphatic carbocycles. The van der Waals surface area contributed by atoms with Gasteiger partial charge in [-0.25, -0.2) is 8.42 Å². The van der Waals surface area contributed by atoms with Gasteiger partial charge >= 0.3 is 13.1 Å². The first-order valence-electron chi connectivity index (χ1n) is 5.91. The van der Waals surface area contributed by atoms with Crippen LogP contribution in [0.1, 0.15) is 12.8 Å². The highest BCUT2D eigenvalue weighted by atomic mass is 32.2. The monoisotopic (exact) mass is 294 g/mol. The van der Waals surface area contributed by atoms with Crippen LogP contribution in [0, 0.1) is 5.92 Å². The van der Waals surface area contributed by atoms with E-state index in [2.05, 4.69) is 0 Å². The molecular formula is C9H19BN2O6S. The summed E-state index contributed by atoms with van der Waals surface area (Å²) in [7, 11) is -4.94. The summed E-state index contributed by atoms with van der Waals surface area (Å²) in [6.07, 6.45) is 1.80. The summed E-state index contributed by atoms with van der Waals surface area (Å²) in [6.45, 7) is -0.212. The summed E-state index contributed by atoms with van der Waals surface area (Å²) in [4.78, 5) is 11.3. The SMILES string of the molecule is CS(=O)(=O)N1C[C@H](CCCB(O)O)[C@](N)(C(=O)O)C1. The van der Waals surface area contributed by atoms with E-state index in [0.717, 1.165) is 10.6 Å². The Labute approximate surface area is 112 Å². The first-order valence-corrected chi connectivity index (χ1v) is 7.75. The Bertz CT molecular complexity index is 442. The van der Waals surface area contributed by atoms with Gasteiger partial charge in [0.2, 0.25) is 10.0 Å². The van der Waals surface area contributed by atoms with E-state index in [0.29, 0.717) is 12.8 Å². The molecule has 1 aliphatic rings. The highest BCUT2D eigenvalue weighted by Gasteiger charge is 2.51. The second-order valence-corrected chi connectivity index (χ2v) is 6.99. The fourth-order valence-electron chi connectivity index (χ4n) is 2.28. The van der Waals surface area contributed by atoms with Crippen LogP contribution in [0.3, 0.4) is 0 Å². The molecule has 1 rings (SSSR count). The molecule has 8 nitrogen and oxygen atoms in total. The number of hydrogen-bond donors (Lipinski definition) is 4. The zero-order chi connectivity index (χ0) is 14.8. The van der Waals surface area contributed by atoms with Gasteiger partial charge in [-0.1, -0.05) is 6.42 Å². The highest BCUT2D eigenvalue weighted by Crippen LogP contribution is 2.31. The lowest BCUT2D eigenvalue weighted by Gasteiger charge is -2.25. The molecule has 1 fully saturated rings. The van der Waals surface area contributed by atoms with E-state index in [1.165, 1.54) is 0 Å². The van der Waals surface area contributed by atoms with Gasteiger partial charge < -0.3 is 20.9 Å². The molecule has 0 spiro atoms. The molecule has 1 heterocycles. The summed E-state index contributed by atoms with van der Waals surface area (Å²) in [5.74, 6) is -1.79. The van der Waals surface area contributed by atoms with Crippen LogP contribution in [-0.2, 0) is 14.8 Å². The van der Waals surface area contributed by atoms with Crippen molar-refractivity contribution in [2.45, 2.75) is 24.7 Å². The Hall–Kier alpha value is -0.675. The fourth-order valence-corrected chi connectivity index (χ4v) is 3.18. The standard InChI is InChI=1S/C9H19BN2O6S/c1-19(17,18)12-5-7(3-2-4-10(15)16)9(11,6-12)8(13)14/h7,15-16H,2-6,11H2,1H3,(H,13,14)/t7-,9-/m0/s1. The molecule has 5 N–H and O–H groups in total. The predicted octanol–water partition coefficient (Wildman–Crippen LogP) is -2.09. The molecule has 0 unspecified atom stereocenters. The summed E-state index contributed by atoms with van der Waals surface area (Å²) in [6, 6.07) is 0. The highest BCUT2D eigenvalue weighted by molar-refractivity contribution is 7.88.